The van der Waals surface area contributed by atoms with Crippen LogP contribution in [0.3, 0.4) is 0 Å². The Morgan fingerprint density at radius 2 is 1.96 bits per heavy atom. The van der Waals surface area contributed by atoms with E-state index in [9.17, 15) is 4.79 Å². The van der Waals surface area contributed by atoms with Crippen molar-refractivity contribution in [2.75, 3.05) is 38.0 Å². The molecule has 4 rings (SSSR count). The Morgan fingerprint density at radius 1 is 1.19 bits per heavy atom. The predicted octanol–water partition coefficient (Wildman–Crippen LogP) is 3.19. The van der Waals surface area contributed by atoms with Gasteiger partial charge in [-0.05, 0) is 18.4 Å². The molecule has 1 aromatic carbocycles. The smallest absolute Gasteiger partial charge is 0.273 e. The molecule has 0 unspecified atom stereocenters. The number of aromatic nitrogens is 1. The molecule has 0 spiro atoms. The van der Waals surface area contributed by atoms with Gasteiger partial charge in [0.25, 0.3) is 5.91 Å². The fourth-order valence-electron chi connectivity index (χ4n) is 3.04. The molecule has 1 saturated carbocycles. The van der Waals surface area contributed by atoms with Crippen LogP contribution in [-0.4, -0.2) is 59.5 Å². The monoisotopic (exact) mass is 368 g/mol. The van der Waals surface area contributed by atoms with Crippen LogP contribution in [-0.2, 0) is 0 Å². The summed E-state index contributed by atoms with van der Waals surface area (Å²) in [5, 5.41) is 6.11. The Morgan fingerprint density at radius 3 is 2.69 bits per heavy atom. The standard InChI is InChI=1S/C20H24N4OS/c25-19(18-15-26-20(22-18)21-17-8-9-17)24-13-11-23(12-14-24)10-4-7-16-5-2-1-3-6-16/h1-7,15,17H,8-14H2,(H,21,22)/b7-4+. The summed E-state index contributed by atoms with van der Waals surface area (Å²) in [5.41, 5.74) is 1.80. The van der Waals surface area contributed by atoms with Gasteiger partial charge in [-0.1, -0.05) is 42.5 Å². The van der Waals surface area contributed by atoms with Gasteiger partial charge in [0.05, 0.1) is 0 Å². The van der Waals surface area contributed by atoms with E-state index in [2.05, 4.69) is 39.5 Å². The second-order valence-electron chi connectivity index (χ2n) is 6.86. The Balaban J connectivity index is 1.24. The first kappa shape index (κ1) is 17.2. The van der Waals surface area contributed by atoms with E-state index in [1.165, 1.54) is 29.7 Å². The predicted molar refractivity (Wildman–Crippen MR) is 107 cm³/mol. The number of hydrogen-bond acceptors (Lipinski definition) is 5. The van der Waals surface area contributed by atoms with E-state index in [1.807, 2.05) is 28.5 Å². The summed E-state index contributed by atoms with van der Waals surface area (Å²) < 4.78 is 0. The number of amides is 1. The summed E-state index contributed by atoms with van der Waals surface area (Å²) in [6.07, 6.45) is 6.78. The highest BCUT2D eigenvalue weighted by Gasteiger charge is 2.25. The molecule has 26 heavy (non-hydrogen) atoms. The molecule has 2 heterocycles. The van der Waals surface area contributed by atoms with Gasteiger partial charge >= 0.3 is 0 Å². The summed E-state index contributed by atoms with van der Waals surface area (Å²) in [6.45, 7) is 4.26. The van der Waals surface area contributed by atoms with Crippen LogP contribution in [0.25, 0.3) is 6.08 Å². The van der Waals surface area contributed by atoms with Crippen molar-refractivity contribution < 1.29 is 4.79 Å². The van der Waals surface area contributed by atoms with Crippen molar-refractivity contribution in [3.63, 3.8) is 0 Å². The molecule has 1 aliphatic heterocycles. The van der Waals surface area contributed by atoms with Gasteiger partial charge in [-0.25, -0.2) is 4.98 Å². The van der Waals surface area contributed by atoms with Crippen molar-refractivity contribution in [2.45, 2.75) is 18.9 Å². The third-order valence-electron chi connectivity index (χ3n) is 4.76. The molecule has 6 heteroatoms. The number of thiazole rings is 1. The van der Waals surface area contributed by atoms with E-state index in [0.717, 1.165) is 37.9 Å². The van der Waals surface area contributed by atoms with E-state index < -0.39 is 0 Å². The maximum absolute atomic E-state index is 12.6. The highest BCUT2D eigenvalue weighted by Crippen LogP contribution is 2.27. The number of anilines is 1. The third-order valence-corrected chi connectivity index (χ3v) is 5.53. The number of piperazine rings is 1. The van der Waals surface area contributed by atoms with Gasteiger partial charge < -0.3 is 10.2 Å². The van der Waals surface area contributed by atoms with Crippen LogP contribution >= 0.6 is 11.3 Å². The van der Waals surface area contributed by atoms with Crippen molar-refractivity contribution in [2.24, 2.45) is 0 Å². The number of benzene rings is 1. The molecule has 1 aliphatic carbocycles. The molecule has 2 aliphatic rings. The minimum Gasteiger partial charge on any atom is -0.359 e. The highest BCUT2D eigenvalue weighted by molar-refractivity contribution is 7.13. The van der Waals surface area contributed by atoms with Gasteiger partial charge in [-0.3, -0.25) is 9.69 Å². The topological polar surface area (TPSA) is 48.5 Å². The van der Waals surface area contributed by atoms with E-state index in [-0.39, 0.29) is 5.91 Å². The minimum absolute atomic E-state index is 0.0598. The molecule has 1 aromatic heterocycles. The van der Waals surface area contributed by atoms with E-state index >= 15 is 0 Å². The van der Waals surface area contributed by atoms with Gasteiger partial charge in [0, 0.05) is 44.1 Å². The lowest BCUT2D eigenvalue weighted by Gasteiger charge is -2.33. The Kier molecular flexibility index (Phi) is 5.32. The van der Waals surface area contributed by atoms with Crippen molar-refractivity contribution in [3.8, 4) is 0 Å². The first-order valence-corrected chi connectivity index (χ1v) is 10.1. The fraction of sp³-hybridized carbons (Fsp3) is 0.400. The Bertz CT molecular complexity index is 761. The minimum atomic E-state index is 0.0598. The first-order valence-electron chi connectivity index (χ1n) is 9.23. The van der Waals surface area contributed by atoms with Gasteiger partial charge in [-0.2, -0.15) is 0 Å². The van der Waals surface area contributed by atoms with E-state index in [0.29, 0.717) is 11.7 Å². The van der Waals surface area contributed by atoms with Crippen LogP contribution in [0, 0.1) is 0 Å². The molecule has 1 N–H and O–H groups in total. The highest BCUT2D eigenvalue weighted by atomic mass is 32.1. The fourth-order valence-corrected chi connectivity index (χ4v) is 3.80. The van der Waals surface area contributed by atoms with Crippen molar-refractivity contribution in [3.05, 3.63) is 53.0 Å². The summed E-state index contributed by atoms with van der Waals surface area (Å²) in [6, 6.07) is 10.9. The molecule has 1 amide bonds. The lowest BCUT2D eigenvalue weighted by Crippen LogP contribution is -2.48. The molecule has 136 valence electrons. The zero-order valence-corrected chi connectivity index (χ0v) is 15.6. The average molecular weight is 369 g/mol. The second-order valence-corrected chi connectivity index (χ2v) is 7.72. The third kappa shape index (κ3) is 4.51. The Hall–Kier alpha value is -2.18. The van der Waals surface area contributed by atoms with Gasteiger partial charge in [0.2, 0.25) is 0 Å². The summed E-state index contributed by atoms with van der Waals surface area (Å²) in [5.74, 6) is 0.0598. The number of carbonyl (C=O) groups excluding carboxylic acids is 1. The number of hydrogen-bond donors (Lipinski definition) is 1. The normalized spacial score (nSPS) is 18.4. The van der Waals surface area contributed by atoms with Crippen LogP contribution in [0.2, 0.25) is 0 Å². The first-order chi connectivity index (χ1) is 12.8. The molecule has 1 saturated heterocycles. The summed E-state index contributed by atoms with van der Waals surface area (Å²) >= 11 is 1.53. The number of nitrogens with zero attached hydrogens (tertiary/aromatic N) is 3. The van der Waals surface area contributed by atoms with E-state index in [4.69, 9.17) is 0 Å². The van der Waals surface area contributed by atoms with Crippen molar-refractivity contribution in [1.29, 1.82) is 0 Å². The second kappa shape index (κ2) is 8.01. The van der Waals surface area contributed by atoms with Crippen molar-refractivity contribution >= 4 is 28.5 Å². The van der Waals surface area contributed by atoms with Crippen LogP contribution in [0.4, 0.5) is 5.13 Å². The van der Waals surface area contributed by atoms with E-state index in [1.54, 1.807) is 0 Å². The molecule has 5 nitrogen and oxygen atoms in total. The van der Waals surface area contributed by atoms with Crippen LogP contribution in [0.15, 0.2) is 41.8 Å². The molecule has 0 atom stereocenters. The lowest BCUT2D eigenvalue weighted by atomic mass is 10.2. The van der Waals surface area contributed by atoms with Crippen molar-refractivity contribution in [1.82, 2.24) is 14.8 Å². The average Bonchev–Trinajstić information content (AvgIpc) is 3.37. The Labute approximate surface area is 158 Å². The number of rotatable bonds is 6. The number of nitrogens with one attached hydrogen (secondary N) is 1. The molecule has 2 aromatic rings. The largest absolute Gasteiger partial charge is 0.359 e. The SMILES string of the molecule is O=C(c1csc(NC2CC2)n1)N1CCN(C/C=C/c2ccccc2)CC1. The van der Waals surface area contributed by atoms with Crippen LogP contribution < -0.4 is 5.32 Å². The maximum atomic E-state index is 12.6. The lowest BCUT2D eigenvalue weighted by molar-refractivity contribution is 0.0645. The van der Waals surface area contributed by atoms with Gasteiger partial charge in [-0.15, -0.1) is 11.3 Å². The van der Waals surface area contributed by atoms with Crippen LogP contribution in [0.5, 0.6) is 0 Å². The summed E-state index contributed by atoms with van der Waals surface area (Å²) in [7, 11) is 0. The van der Waals surface area contributed by atoms with Crippen LogP contribution in [0.1, 0.15) is 28.9 Å². The zero-order valence-electron chi connectivity index (χ0n) is 14.8. The molecular weight excluding hydrogens is 344 g/mol. The summed E-state index contributed by atoms with van der Waals surface area (Å²) in [4.78, 5) is 21.4. The molecule has 2 fully saturated rings. The molecular formula is C20H24N4OS. The number of carbonyl (C=O) groups is 1. The zero-order chi connectivity index (χ0) is 17.8. The van der Waals surface area contributed by atoms with Gasteiger partial charge in [0.1, 0.15) is 5.69 Å². The quantitative estimate of drug-likeness (QED) is 0.851. The molecule has 0 radical (unpaired) electrons. The maximum Gasteiger partial charge on any atom is 0.273 e. The molecule has 0 bridgehead atoms. The van der Waals surface area contributed by atoms with Gasteiger partial charge in [0.15, 0.2) is 5.13 Å².